The Labute approximate surface area is 160 Å². The SMILES string of the molecule is CC#CCOc1cnc(NS(=O)(=O)c2c[nH]c3cc(Cl)ccc23)nc1OC. The van der Waals surface area contributed by atoms with Gasteiger partial charge in [-0.15, -0.1) is 5.92 Å². The van der Waals surface area contributed by atoms with Crippen molar-refractivity contribution in [1.82, 2.24) is 15.0 Å². The molecular formula is C17H15ClN4O4S. The number of benzene rings is 1. The number of halogens is 1. The summed E-state index contributed by atoms with van der Waals surface area (Å²) in [6.07, 6.45) is 2.69. The first-order valence-corrected chi connectivity index (χ1v) is 9.53. The highest BCUT2D eigenvalue weighted by Crippen LogP contribution is 2.28. The van der Waals surface area contributed by atoms with Crippen molar-refractivity contribution in [1.29, 1.82) is 0 Å². The van der Waals surface area contributed by atoms with Crippen molar-refractivity contribution in [3.8, 4) is 23.5 Å². The van der Waals surface area contributed by atoms with Crippen LogP contribution in [0.4, 0.5) is 5.95 Å². The molecule has 3 rings (SSSR count). The van der Waals surface area contributed by atoms with E-state index in [1.54, 1.807) is 25.1 Å². The summed E-state index contributed by atoms with van der Waals surface area (Å²) in [6.45, 7) is 1.83. The molecule has 140 valence electrons. The van der Waals surface area contributed by atoms with Crippen molar-refractivity contribution in [3.63, 3.8) is 0 Å². The second-order valence-electron chi connectivity index (χ2n) is 5.23. The van der Waals surface area contributed by atoms with Gasteiger partial charge in [-0.1, -0.05) is 17.5 Å². The van der Waals surface area contributed by atoms with Crippen LogP contribution in [0.3, 0.4) is 0 Å². The van der Waals surface area contributed by atoms with Gasteiger partial charge in [0.15, 0.2) is 0 Å². The Balaban J connectivity index is 1.89. The summed E-state index contributed by atoms with van der Waals surface area (Å²) in [6, 6.07) is 4.87. The lowest BCUT2D eigenvalue weighted by Crippen LogP contribution is -2.15. The van der Waals surface area contributed by atoms with Crippen LogP contribution in [0.25, 0.3) is 10.9 Å². The molecule has 1 aromatic carbocycles. The van der Waals surface area contributed by atoms with Crippen molar-refractivity contribution in [2.45, 2.75) is 11.8 Å². The molecule has 0 radical (unpaired) electrons. The molecule has 0 bridgehead atoms. The van der Waals surface area contributed by atoms with Crippen molar-refractivity contribution in [2.75, 3.05) is 18.4 Å². The molecule has 3 aromatic rings. The molecule has 0 saturated heterocycles. The Bertz CT molecular complexity index is 1150. The number of hydrogen-bond donors (Lipinski definition) is 2. The van der Waals surface area contributed by atoms with Gasteiger partial charge in [-0.25, -0.2) is 18.1 Å². The highest BCUT2D eigenvalue weighted by atomic mass is 35.5. The lowest BCUT2D eigenvalue weighted by molar-refractivity contribution is 0.320. The molecule has 0 unspecified atom stereocenters. The number of nitrogens with one attached hydrogen (secondary N) is 2. The summed E-state index contributed by atoms with van der Waals surface area (Å²) in [5.41, 5.74) is 0.599. The second kappa shape index (κ2) is 7.73. The molecular weight excluding hydrogens is 392 g/mol. The van der Waals surface area contributed by atoms with Gasteiger partial charge in [-0.3, -0.25) is 0 Å². The van der Waals surface area contributed by atoms with Crippen LogP contribution in [-0.2, 0) is 10.0 Å². The summed E-state index contributed by atoms with van der Waals surface area (Å²) < 4.78 is 38.3. The molecule has 8 nitrogen and oxygen atoms in total. The number of rotatable bonds is 6. The number of anilines is 1. The van der Waals surface area contributed by atoms with Crippen molar-refractivity contribution < 1.29 is 17.9 Å². The van der Waals surface area contributed by atoms with Crippen LogP contribution < -0.4 is 14.2 Å². The number of aromatic nitrogens is 3. The molecule has 0 aliphatic rings. The van der Waals surface area contributed by atoms with Gasteiger partial charge in [-0.2, -0.15) is 4.98 Å². The molecule has 0 aliphatic heterocycles. The lowest BCUT2D eigenvalue weighted by Gasteiger charge is -2.10. The molecule has 0 spiro atoms. The molecule has 0 amide bonds. The van der Waals surface area contributed by atoms with Gasteiger partial charge in [0.05, 0.1) is 13.3 Å². The molecule has 27 heavy (non-hydrogen) atoms. The minimum atomic E-state index is -3.94. The zero-order valence-corrected chi connectivity index (χ0v) is 16.0. The fourth-order valence-corrected chi connectivity index (χ4v) is 3.61. The zero-order valence-electron chi connectivity index (χ0n) is 14.4. The van der Waals surface area contributed by atoms with Crippen LogP contribution in [0, 0.1) is 11.8 Å². The Hall–Kier alpha value is -2.96. The van der Waals surface area contributed by atoms with Crippen molar-refractivity contribution >= 4 is 38.5 Å². The number of fused-ring (bicyclic) bond motifs is 1. The topological polar surface area (TPSA) is 106 Å². The zero-order chi connectivity index (χ0) is 19.4. The molecule has 10 heteroatoms. The van der Waals surface area contributed by atoms with Gasteiger partial charge >= 0.3 is 0 Å². The van der Waals surface area contributed by atoms with E-state index >= 15 is 0 Å². The Morgan fingerprint density at radius 3 is 2.93 bits per heavy atom. The van der Waals surface area contributed by atoms with E-state index in [1.165, 1.54) is 19.5 Å². The van der Waals surface area contributed by atoms with Crippen molar-refractivity contribution in [2.24, 2.45) is 0 Å². The fourth-order valence-electron chi connectivity index (χ4n) is 2.30. The average Bonchev–Trinajstić information content (AvgIpc) is 3.06. The van der Waals surface area contributed by atoms with Gasteiger partial charge < -0.3 is 14.5 Å². The fraction of sp³-hybridized carbons (Fsp3) is 0.176. The van der Waals surface area contributed by atoms with Crippen LogP contribution in [0.5, 0.6) is 11.6 Å². The number of sulfonamides is 1. The predicted octanol–water partition coefficient (Wildman–Crippen LogP) is 2.82. The third-order valence-electron chi connectivity index (χ3n) is 3.51. The first-order chi connectivity index (χ1) is 12.9. The highest BCUT2D eigenvalue weighted by Gasteiger charge is 2.21. The minimum absolute atomic E-state index is 0.0512. The Morgan fingerprint density at radius 1 is 1.37 bits per heavy atom. The van der Waals surface area contributed by atoms with E-state index in [-0.39, 0.29) is 29.1 Å². The third kappa shape index (κ3) is 4.07. The molecule has 2 N–H and O–H groups in total. The van der Waals surface area contributed by atoms with Crippen LogP contribution in [0.2, 0.25) is 5.02 Å². The summed E-state index contributed by atoms with van der Waals surface area (Å²) in [5.74, 6) is 5.62. The number of H-pyrrole nitrogens is 1. The van der Waals surface area contributed by atoms with Crippen LogP contribution in [-0.4, -0.2) is 37.1 Å². The van der Waals surface area contributed by atoms with Crippen molar-refractivity contribution in [3.05, 3.63) is 35.6 Å². The highest BCUT2D eigenvalue weighted by molar-refractivity contribution is 7.93. The van der Waals surface area contributed by atoms with Gasteiger partial charge in [0.25, 0.3) is 15.9 Å². The van der Waals surface area contributed by atoms with E-state index < -0.39 is 10.0 Å². The molecule has 2 aromatic heterocycles. The molecule has 0 aliphatic carbocycles. The first-order valence-electron chi connectivity index (χ1n) is 7.67. The summed E-state index contributed by atoms with van der Waals surface area (Å²) in [4.78, 5) is 10.9. The second-order valence-corrected chi connectivity index (χ2v) is 7.32. The average molecular weight is 407 g/mol. The summed E-state index contributed by atoms with van der Waals surface area (Å²) >= 11 is 5.93. The number of aromatic amines is 1. The first kappa shape index (κ1) is 18.8. The van der Waals surface area contributed by atoms with E-state index in [2.05, 4.69) is 31.5 Å². The van der Waals surface area contributed by atoms with Crippen LogP contribution in [0.15, 0.2) is 35.5 Å². The maximum absolute atomic E-state index is 12.7. The van der Waals surface area contributed by atoms with E-state index in [1.807, 2.05) is 0 Å². The largest absolute Gasteiger partial charge is 0.478 e. The Kier molecular flexibility index (Phi) is 5.39. The number of ether oxygens (including phenoxy) is 2. The molecule has 0 saturated carbocycles. The van der Waals surface area contributed by atoms with E-state index in [4.69, 9.17) is 21.1 Å². The van der Waals surface area contributed by atoms with Gasteiger partial charge in [0.2, 0.25) is 11.7 Å². The standard InChI is InChI=1S/C17H15ClN4O4S/c1-3-4-7-26-14-9-20-17(21-16(14)25-2)22-27(23,24)15-10-19-13-8-11(18)5-6-12(13)15/h5-6,8-10,19H,7H2,1-2H3,(H,20,21,22). The Morgan fingerprint density at radius 2 is 2.19 bits per heavy atom. The number of methoxy groups -OCH3 is 1. The summed E-state index contributed by atoms with van der Waals surface area (Å²) in [7, 11) is -2.54. The van der Waals surface area contributed by atoms with Crippen LogP contribution in [0.1, 0.15) is 6.92 Å². The van der Waals surface area contributed by atoms with E-state index in [9.17, 15) is 8.42 Å². The predicted molar refractivity (Wildman–Crippen MR) is 102 cm³/mol. The monoisotopic (exact) mass is 406 g/mol. The molecule has 0 atom stereocenters. The van der Waals surface area contributed by atoms with Gasteiger partial charge in [0, 0.05) is 22.1 Å². The molecule has 2 heterocycles. The normalized spacial score (nSPS) is 10.9. The molecule has 0 fully saturated rings. The maximum atomic E-state index is 12.7. The van der Waals surface area contributed by atoms with E-state index in [0.717, 1.165) is 0 Å². The minimum Gasteiger partial charge on any atom is -0.478 e. The van der Waals surface area contributed by atoms with Gasteiger partial charge in [-0.05, 0) is 25.1 Å². The van der Waals surface area contributed by atoms with Gasteiger partial charge in [0.1, 0.15) is 11.5 Å². The number of nitrogens with zero attached hydrogens (tertiary/aromatic N) is 2. The van der Waals surface area contributed by atoms with E-state index in [0.29, 0.717) is 15.9 Å². The lowest BCUT2D eigenvalue weighted by atomic mass is 10.2. The third-order valence-corrected chi connectivity index (χ3v) is 5.12. The number of hydrogen-bond acceptors (Lipinski definition) is 6. The maximum Gasteiger partial charge on any atom is 0.266 e. The quantitative estimate of drug-likeness (QED) is 0.609. The smallest absolute Gasteiger partial charge is 0.266 e. The van der Waals surface area contributed by atoms with Crippen LogP contribution >= 0.6 is 11.6 Å². The summed E-state index contributed by atoms with van der Waals surface area (Å²) in [5, 5.41) is 0.995.